The quantitative estimate of drug-likeness (QED) is 0.747. The van der Waals surface area contributed by atoms with Gasteiger partial charge in [-0.15, -0.1) is 0 Å². The first-order chi connectivity index (χ1) is 12.1. The predicted molar refractivity (Wildman–Crippen MR) is 94.1 cm³/mol. The zero-order valence-electron chi connectivity index (χ0n) is 13.5. The third kappa shape index (κ3) is 2.80. The first kappa shape index (κ1) is 15.2. The summed E-state index contributed by atoms with van der Waals surface area (Å²) < 4.78 is 0. The molecule has 0 fully saturated rings. The fourth-order valence-electron chi connectivity index (χ4n) is 2.95. The van der Waals surface area contributed by atoms with Gasteiger partial charge in [0.1, 0.15) is 5.82 Å². The smallest absolute Gasteiger partial charge is 0.259 e. The SMILES string of the molecule is CC1CC(=O)NN=C1c1ccc2c(=O)[nH]c(-c3ccncc3)nc2c1. The van der Waals surface area contributed by atoms with Gasteiger partial charge in [0.15, 0.2) is 0 Å². The first-order valence-corrected chi connectivity index (χ1v) is 7.93. The Morgan fingerprint density at radius 3 is 2.64 bits per heavy atom. The Hall–Kier alpha value is -3.35. The largest absolute Gasteiger partial charge is 0.306 e. The van der Waals surface area contributed by atoms with Gasteiger partial charge in [-0.3, -0.25) is 14.6 Å². The number of nitrogens with zero attached hydrogens (tertiary/aromatic N) is 3. The van der Waals surface area contributed by atoms with Gasteiger partial charge in [0, 0.05) is 35.9 Å². The van der Waals surface area contributed by atoms with Crippen molar-refractivity contribution in [3.8, 4) is 11.4 Å². The summed E-state index contributed by atoms with van der Waals surface area (Å²) in [6.45, 7) is 1.95. The highest BCUT2D eigenvalue weighted by Crippen LogP contribution is 2.20. The number of carbonyl (C=O) groups is 1. The Labute approximate surface area is 142 Å². The number of hydrogen-bond donors (Lipinski definition) is 2. The second-order valence-corrected chi connectivity index (χ2v) is 6.02. The summed E-state index contributed by atoms with van der Waals surface area (Å²) >= 11 is 0. The Morgan fingerprint density at radius 1 is 1.08 bits per heavy atom. The molecule has 0 aliphatic carbocycles. The molecule has 1 aliphatic rings. The fourth-order valence-corrected chi connectivity index (χ4v) is 2.95. The predicted octanol–water partition coefficient (Wildman–Crippen LogP) is 1.85. The molecule has 0 bridgehead atoms. The van der Waals surface area contributed by atoms with Crippen molar-refractivity contribution < 1.29 is 4.79 Å². The average molecular weight is 333 g/mol. The summed E-state index contributed by atoms with van der Waals surface area (Å²) in [5.74, 6) is 0.406. The second kappa shape index (κ2) is 5.94. The van der Waals surface area contributed by atoms with Crippen LogP contribution in [-0.4, -0.2) is 26.6 Å². The van der Waals surface area contributed by atoms with Crippen molar-refractivity contribution in [1.29, 1.82) is 0 Å². The molecule has 1 aliphatic heterocycles. The Kier molecular flexibility index (Phi) is 3.61. The van der Waals surface area contributed by atoms with Crippen LogP contribution in [-0.2, 0) is 4.79 Å². The van der Waals surface area contributed by atoms with Gasteiger partial charge in [-0.2, -0.15) is 5.10 Å². The maximum Gasteiger partial charge on any atom is 0.259 e. The van der Waals surface area contributed by atoms with Gasteiger partial charge in [0.05, 0.1) is 16.6 Å². The minimum absolute atomic E-state index is 0.00728. The molecule has 4 rings (SSSR count). The van der Waals surface area contributed by atoms with Crippen LogP contribution >= 0.6 is 0 Å². The molecule has 0 spiro atoms. The maximum absolute atomic E-state index is 12.4. The van der Waals surface area contributed by atoms with Crippen LogP contribution in [0, 0.1) is 5.92 Å². The molecule has 124 valence electrons. The van der Waals surface area contributed by atoms with E-state index in [0.717, 1.165) is 16.8 Å². The maximum atomic E-state index is 12.4. The lowest BCUT2D eigenvalue weighted by Gasteiger charge is -2.19. The number of nitrogens with one attached hydrogen (secondary N) is 2. The molecule has 0 saturated carbocycles. The van der Waals surface area contributed by atoms with E-state index >= 15 is 0 Å². The zero-order chi connectivity index (χ0) is 17.4. The summed E-state index contributed by atoms with van der Waals surface area (Å²) in [4.78, 5) is 35.1. The van der Waals surface area contributed by atoms with Gasteiger partial charge < -0.3 is 4.98 Å². The number of aromatic nitrogens is 3. The number of hydrogen-bond acceptors (Lipinski definition) is 5. The van der Waals surface area contributed by atoms with Gasteiger partial charge in [0.2, 0.25) is 5.91 Å². The molecule has 7 nitrogen and oxygen atoms in total. The standard InChI is InChI=1S/C18H15N5O2/c1-10-8-15(24)22-23-16(10)12-2-3-13-14(9-12)20-17(21-18(13)25)11-4-6-19-7-5-11/h2-7,9-10H,8H2,1H3,(H,22,24)(H,20,21,25). The molecule has 1 unspecified atom stereocenters. The molecular formula is C18H15N5O2. The van der Waals surface area contributed by atoms with Crippen LogP contribution in [0.2, 0.25) is 0 Å². The van der Waals surface area contributed by atoms with Crippen LogP contribution < -0.4 is 11.0 Å². The summed E-state index contributed by atoms with van der Waals surface area (Å²) in [6.07, 6.45) is 3.69. The number of hydrazone groups is 1. The van der Waals surface area contributed by atoms with E-state index < -0.39 is 0 Å². The molecule has 3 heterocycles. The lowest BCUT2D eigenvalue weighted by atomic mass is 9.93. The van der Waals surface area contributed by atoms with Crippen molar-refractivity contribution >= 4 is 22.5 Å². The average Bonchev–Trinajstić information content (AvgIpc) is 2.62. The molecular weight excluding hydrogens is 318 g/mol. The van der Waals surface area contributed by atoms with E-state index in [4.69, 9.17) is 0 Å². The lowest BCUT2D eigenvalue weighted by Crippen LogP contribution is -2.32. The van der Waals surface area contributed by atoms with Crippen LogP contribution in [0.5, 0.6) is 0 Å². The molecule has 7 heteroatoms. The van der Waals surface area contributed by atoms with Crippen LogP contribution in [0.15, 0.2) is 52.6 Å². The highest BCUT2D eigenvalue weighted by Gasteiger charge is 2.22. The number of aromatic amines is 1. The Balaban J connectivity index is 1.85. The Morgan fingerprint density at radius 2 is 1.88 bits per heavy atom. The van der Waals surface area contributed by atoms with E-state index in [-0.39, 0.29) is 17.4 Å². The number of rotatable bonds is 2. The topological polar surface area (TPSA) is 100 Å². The van der Waals surface area contributed by atoms with Crippen LogP contribution in [0.3, 0.4) is 0 Å². The van der Waals surface area contributed by atoms with Gasteiger partial charge in [0.25, 0.3) is 5.56 Å². The molecule has 0 radical (unpaired) electrons. The van der Waals surface area contributed by atoms with Crippen molar-refractivity contribution in [2.75, 3.05) is 0 Å². The summed E-state index contributed by atoms with van der Waals surface area (Å²) in [5, 5.41) is 4.68. The van der Waals surface area contributed by atoms with Crippen molar-refractivity contribution in [3.63, 3.8) is 0 Å². The van der Waals surface area contributed by atoms with E-state index in [1.165, 1.54) is 0 Å². The molecule has 1 aromatic carbocycles. The Bertz CT molecular complexity index is 1060. The van der Waals surface area contributed by atoms with Crippen molar-refractivity contribution in [1.82, 2.24) is 20.4 Å². The third-order valence-corrected chi connectivity index (χ3v) is 4.22. The zero-order valence-corrected chi connectivity index (χ0v) is 13.5. The molecule has 1 amide bonds. The fraction of sp³-hybridized carbons (Fsp3) is 0.167. The molecule has 0 saturated heterocycles. The molecule has 3 aromatic rings. The summed E-state index contributed by atoms with van der Waals surface area (Å²) in [5.41, 5.74) is 5.32. The number of carbonyl (C=O) groups excluding carboxylic acids is 1. The highest BCUT2D eigenvalue weighted by molar-refractivity contribution is 6.07. The van der Waals surface area contributed by atoms with Crippen LogP contribution in [0.1, 0.15) is 18.9 Å². The minimum atomic E-state index is -0.199. The second-order valence-electron chi connectivity index (χ2n) is 6.02. The monoisotopic (exact) mass is 333 g/mol. The van der Waals surface area contributed by atoms with Gasteiger partial charge in [-0.05, 0) is 24.3 Å². The number of pyridine rings is 1. The van der Waals surface area contributed by atoms with E-state index in [2.05, 4.69) is 25.5 Å². The van der Waals surface area contributed by atoms with Crippen LogP contribution in [0.25, 0.3) is 22.3 Å². The van der Waals surface area contributed by atoms with Crippen molar-refractivity contribution in [2.24, 2.45) is 11.0 Å². The number of benzene rings is 1. The van der Waals surface area contributed by atoms with Gasteiger partial charge >= 0.3 is 0 Å². The number of fused-ring (bicyclic) bond motifs is 1. The molecule has 2 aromatic heterocycles. The van der Waals surface area contributed by atoms with E-state index in [9.17, 15) is 9.59 Å². The molecule has 1 atom stereocenters. The number of H-pyrrole nitrogens is 1. The normalized spacial score (nSPS) is 17.2. The summed E-state index contributed by atoms with van der Waals surface area (Å²) in [6, 6.07) is 8.98. The minimum Gasteiger partial charge on any atom is -0.306 e. The van der Waals surface area contributed by atoms with E-state index in [1.807, 2.05) is 19.1 Å². The van der Waals surface area contributed by atoms with Crippen molar-refractivity contribution in [3.05, 3.63) is 58.6 Å². The van der Waals surface area contributed by atoms with Gasteiger partial charge in [-0.25, -0.2) is 10.4 Å². The van der Waals surface area contributed by atoms with Crippen LogP contribution in [0.4, 0.5) is 0 Å². The third-order valence-electron chi connectivity index (χ3n) is 4.22. The van der Waals surface area contributed by atoms with E-state index in [1.54, 1.807) is 30.6 Å². The molecule has 2 N–H and O–H groups in total. The highest BCUT2D eigenvalue weighted by atomic mass is 16.2. The lowest BCUT2D eigenvalue weighted by molar-refractivity contribution is -0.121. The van der Waals surface area contributed by atoms with E-state index in [0.29, 0.717) is 23.1 Å². The first-order valence-electron chi connectivity index (χ1n) is 7.93. The summed E-state index contributed by atoms with van der Waals surface area (Å²) in [7, 11) is 0. The van der Waals surface area contributed by atoms with Gasteiger partial charge in [-0.1, -0.05) is 13.0 Å². The van der Waals surface area contributed by atoms with Crippen molar-refractivity contribution in [2.45, 2.75) is 13.3 Å². The molecule has 25 heavy (non-hydrogen) atoms. The number of amides is 1.